The normalized spacial score (nSPS) is 15.1. The fourth-order valence-corrected chi connectivity index (χ4v) is 4.51. The van der Waals surface area contributed by atoms with Crippen molar-refractivity contribution in [2.24, 2.45) is 0 Å². The quantitative estimate of drug-likeness (QED) is 0.759. The topological polar surface area (TPSA) is 114 Å². The van der Waals surface area contributed by atoms with Gasteiger partial charge in [0, 0.05) is 38.3 Å². The Kier molecular flexibility index (Phi) is 5.55. The molecule has 0 aliphatic carbocycles. The molecule has 1 aromatic carbocycles. The fraction of sp³-hybridized carbons (Fsp3) is 0.333. The summed E-state index contributed by atoms with van der Waals surface area (Å²) < 4.78 is 47.9. The fourth-order valence-electron chi connectivity index (χ4n) is 3.08. The second-order valence-corrected chi connectivity index (χ2v) is 10.8. The molecule has 2 aromatic rings. The Morgan fingerprint density at radius 1 is 1.11 bits per heavy atom. The highest BCUT2D eigenvalue weighted by Crippen LogP contribution is 2.23. The molecule has 3 rings (SSSR count). The van der Waals surface area contributed by atoms with E-state index in [2.05, 4.69) is 10.3 Å². The molecule has 0 saturated carbocycles. The molecule has 0 unspecified atom stereocenters. The van der Waals surface area contributed by atoms with Crippen molar-refractivity contribution in [3.63, 3.8) is 0 Å². The van der Waals surface area contributed by atoms with Crippen LogP contribution in [0.3, 0.4) is 0 Å². The average Bonchev–Trinajstić information content (AvgIpc) is 2.64. The lowest BCUT2D eigenvalue weighted by molar-refractivity contribution is 0.0949. The first-order valence-corrected chi connectivity index (χ1v) is 12.3. The predicted octanol–water partition coefficient (Wildman–Crippen LogP) is 0.733. The SMILES string of the molecule is CS(=O)(=O)c1ccc(CNC(=O)c2cncc3c2CCN(S(C)(=O)=O)C3)cc1. The molecule has 150 valence electrons. The third-order valence-electron chi connectivity index (χ3n) is 4.62. The average molecular weight is 424 g/mol. The van der Waals surface area contributed by atoms with E-state index in [9.17, 15) is 21.6 Å². The molecule has 28 heavy (non-hydrogen) atoms. The van der Waals surface area contributed by atoms with Crippen molar-refractivity contribution in [3.05, 3.63) is 58.9 Å². The van der Waals surface area contributed by atoms with E-state index in [4.69, 9.17) is 0 Å². The van der Waals surface area contributed by atoms with Crippen LogP contribution in [-0.2, 0) is 39.4 Å². The van der Waals surface area contributed by atoms with E-state index < -0.39 is 19.9 Å². The van der Waals surface area contributed by atoms with Crippen molar-refractivity contribution in [1.29, 1.82) is 0 Å². The standard InChI is InChI=1S/C18H21N3O5S2/c1-27(23,24)15-5-3-13(4-6-15)9-20-18(22)17-11-19-10-14-12-21(28(2,25)26)8-7-16(14)17/h3-6,10-11H,7-9,12H2,1-2H3,(H,20,22). The summed E-state index contributed by atoms with van der Waals surface area (Å²) in [7, 11) is -6.56. The van der Waals surface area contributed by atoms with E-state index in [1.165, 1.54) is 22.6 Å². The van der Waals surface area contributed by atoms with Crippen LogP contribution in [0.25, 0.3) is 0 Å². The summed E-state index contributed by atoms with van der Waals surface area (Å²) in [5.41, 5.74) is 2.72. The number of fused-ring (bicyclic) bond motifs is 1. The largest absolute Gasteiger partial charge is 0.348 e. The van der Waals surface area contributed by atoms with Gasteiger partial charge < -0.3 is 5.32 Å². The molecule has 0 atom stereocenters. The number of carbonyl (C=O) groups is 1. The molecule has 2 heterocycles. The molecule has 1 aromatic heterocycles. The number of amides is 1. The summed E-state index contributed by atoms with van der Waals surface area (Å²) in [5.74, 6) is -0.302. The second kappa shape index (κ2) is 7.61. The van der Waals surface area contributed by atoms with Gasteiger partial charge in [0.2, 0.25) is 10.0 Å². The molecule has 10 heteroatoms. The summed E-state index contributed by atoms with van der Waals surface area (Å²) in [6.45, 7) is 0.764. The van der Waals surface area contributed by atoms with Crippen LogP contribution in [0.5, 0.6) is 0 Å². The number of carbonyl (C=O) groups excluding carboxylic acids is 1. The number of rotatable bonds is 5. The van der Waals surface area contributed by atoms with E-state index in [1.54, 1.807) is 18.3 Å². The number of sulfonamides is 1. The molecule has 1 aliphatic rings. The number of nitrogens with zero attached hydrogens (tertiary/aromatic N) is 2. The number of benzene rings is 1. The van der Waals surface area contributed by atoms with Crippen molar-refractivity contribution < 1.29 is 21.6 Å². The van der Waals surface area contributed by atoms with Gasteiger partial charge in [-0.15, -0.1) is 0 Å². The number of hydrogen-bond acceptors (Lipinski definition) is 6. The molecular formula is C18H21N3O5S2. The number of aromatic nitrogens is 1. The van der Waals surface area contributed by atoms with Gasteiger partial charge in [-0.3, -0.25) is 9.78 Å². The molecule has 1 aliphatic heterocycles. The Morgan fingerprint density at radius 3 is 2.39 bits per heavy atom. The third-order valence-corrected chi connectivity index (χ3v) is 7.00. The van der Waals surface area contributed by atoms with Crippen LogP contribution in [0.15, 0.2) is 41.6 Å². The number of sulfone groups is 1. The van der Waals surface area contributed by atoms with E-state index in [1.807, 2.05) is 0 Å². The van der Waals surface area contributed by atoms with Gasteiger partial charge in [-0.25, -0.2) is 16.8 Å². The molecule has 1 amide bonds. The van der Waals surface area contributed by atoms with Crippen molar-refractivity contribution in [2.75, 3.05) is 19.1 Å². The van der Waals surface area contributed by atoms with Gasteiger partial charge >= 0.3 is 0 Å². The number of nitrogens with one attached hydrogen (secondary N) is 1. The minimum absolute atomic E-state index is 0.204. The van der Waals surface area contributed by atoms with Crippen molar-refractivity contribution in [1.82, 2.24) is 14.6 Å². The minimum atomic E-state index is -3.30. The summed E-state index contributed by atoms with van der Waals surface area (Å²) in [6, 6.07) is 6.31. The van der Waals surface area contributed by atoms with Gasteiger partial charge in [-0.2, -0.15) is 4.31 Å². The Morgan fingerprint density at radius 2 is 1.79 bits per heavy atom. The van der Waals surface area contributed by atoms with Crippen molar-refractivity contribution in [3.8, 4) is 0 Å². The van der Waals surface area contributed by atoms with Gasteiger partial charge in [0.1, 0.15) is 0 Å². The highest BCUT2D eigenvalue weighted by Gasteiger charge is 2.26. The number of hydrogen-bond donors (Lipinski definition) is 1. The van der Waals surface area contributed by atoms with Crippen LogP contribution in [0.2, 0.25) is 0 Å². The molecule has 0 spiro atoms. The van der Waals surface area contributed by atoms with E-state index in [0.29, 0.717) is 18.5 Å². The van der Waals surface area contributed by atoms with Crippen LogP contribution >= 0.6 is 0 Å². The van der Waals surface area contributed by atoms with E-state index >= 15 is 0 Å². The molecular weight excluding hydrogens is 402 g/mol. The van der Waals surface area contributed by atoms with Gasteiger partial charge in [-0.1, -0.05) is 12.1 Å². The van der Waals surface area contributed by atoms with Crippen LogP contribution in [0.1, 0.15) is 27.0 Å². The second-order valence-electron chi connectivity index (χ2n) is 6.77. The highest BCUT2D eigenvalue weighted by atomic mass is 32.2. The van der Waals surface area contributed by atoms with Gasteiger partial charge in [-0.05, 0) is 35.2 Å². The molecule has 8 nitrogen and oxygen atoms in total. The summed E-state index contributed by atoms with van der Waals surface area (Å²) in [4.78, 5) is 16.9. The van der Waals surface area contributed by atoms with Crippen LogP contribution < -0.4 is 5.32 Å². The van der Waals surface area contributed by atoms with Crippen LogP contribution in [0, 0.1) is 0 Å². The number of pyridine rings is 1. The van der Waals surface area contributed by atoms with Crippen molar-refractivity contribution in [2.45, 2.75) is 24.4 Å². The highest BCUT2D eigenvalue weighted by molar-refractivity contribution is 7.90. The summed E-state index contributed by atoms with van der Waals surface area (Å²) >= 11 is 0. The predicted molar refractivity (Wildman–Crippen MR) is 104 cm³/mol. The zero-order valence-electron chi connectivity index (χ0n) is 15.5. The maximum absolute atomic E-state index is 12.6. The Bertz CT molecular complexity index is 1110. The Balaban J connectivity index is 1.72. The molecule has 0 fully saturated rings. The maximum Gasteiger partial charge on any atom is 0.253 e. The lowest BCUT2D eigenvalue weighted by Crippen LogP contribution is -2.36. The zero-order valence-corrected chi connectivity index (χ0v) is 17.2. The Hall–Kier alpha value is -2.30. The van der Waals surface area contributed by atoms with Crippen molar-refractivity contribution >= 4 is 25.8 Å². The molecule has 0 saturated heterocycles. The first kappa shape index (κ1) is 20.4. The monoisotopic (exact) mass is 423 g/mol. The summed E-state index contributed by atoms with van der Waals surface area (Å²) in [6.07, 6.45) is 5.82. The molecule has 1 N–H and O–H groups in total. The van der Waals surface area contributed by atoms with Gasteiger partial charge in [0.05, 0.1) is 16.7 Å². The summed E-state index contributed by atoms with van der Waals surface area (Å²) in [5, 5.41) is 2.80. The smallest absolute Gasteiger partial charge is 0.253 e. The van der Waals surface area contributed by atoms with Gasteiger partial charge in [0.25, 0.3) is 5.91 Å². The minimum Gasteiger partial charge on any atom is -0.348 e. The first-order valence-electron chi connectivity index (χ1n) is 8.54. The first-order chi connectivity index (χ1) is 13.1. The van der Waals surface area contributed by atoms with E-state index in [-0.39, 0.29) is 23.9 Å². The van der Waals surface area contributed by atoms with Crippen LogP contribution in [0.4, 0.5) is 0 Å². The lowest BCUT2D eigenvalue weighted by Gasteiger charge is -2.27. The third kappa shape index (κ3) is 4.57. The molecule has 0 bridgehead atoms. The maximum atomic E-state index is 12.6. The van der Waals surface area contributed by atoms with E-state index in [0.717, 1.165) is 29.2 Å². The lowest BCUT2D eigenvalue weighted by atomic mass is 9.98. The molecule has 0 radical (unpaired) electrons. The Labute approximate surface area is 164 Å². The van der Waals surface area contributed by atoms with Crippen LogP contribution in [-0.4, -0.2) is 51.1 Å². The van der Waals surface area contributed by atoms with Gasteiger partial charge in [0.15, 0.2) is 9.84 Å². The zero-order chi connectivity index (χ0) is 20.5.